The number of hydrogen-bond donors (Lipinski definition) is 1. The van der Waals surface area contributed by atoms with Crippen molar-refractivity contribution in [1.82, 2.24) is 5.32 Å². The number of carbonyl (C=O) groups is 2. The number of carbonyl (C=O) groups excluding carboxylic acids is 2. The number of nitrogens with one attached hydrogen (secondary N) is 1. The van der Waals surface area contributed by atoms with Crippen LogP contribution in [0.25, 0.3) is 11.0 Å². The van der Waals surface area contributed by atoms with E-state index in [1.165, 1.54) is 0 Å². The number of unbranched alkanes of at least 4 members (excludes halogenated alkanes) is 1. The summed E-state index contributed by atoms with van der Waals surface area (Å²) >= 11 is 0. The number of fused-ring (bicyclic) bond motifs is 1. The van der Waals surface area contributed by atoms with Crippen molar-refractivity contribution in [1.29, 1.82) is 0 Å². The van der Waals surface area contributed by atoms with Gasteiger partial charge in [-0.3, -0.25) is 0 Å². The van der Waals surface area contributed by atoms with Crippen molar-refractivity contribution >= 4 is 23.0 Å². The molecule has 0 saturated carbocycles. The average molecular weight is 528 g/mol. The van der Waals surface area contributed by atoms with Crippen LogP contribution in [0.5, 0.6) is 5.75 Å². The van der Waals surface area contributed by atoms with E-state index in [2.05, 4.69) is 5.32 Å². The monoisotopic (exact) mass is 527 g/mol. The molecule has 0 aliphatic rings. The van der Waals surface area contributed by atoms with E-state index in [1.54, 1.807) is 12.1 Å². The highest BCUT2D eigenvalue weighted by atomic mass is 16.6. The van der Waals surface area contributed by atoms with Crippen LogP contribution in [0.3, 0.4) is 0 Å². The van der Waals surface area contributed by atoms with Crippen LogP contribution in [-0.4, -0.2) is 18.1 Å². The topological polar surface area (TPSA) is 94.8 Å². The van der Waals surface area contributed by atoms with Crippen LogP contribution >= 0.6 is 0 Å². The second-order valence-electron chi connectivity index (χ2n) is 9.61. The van der Waals surface area contributed by atoms with Gasteiger partial charge in [-0.2, -0.15) is 0 Å². The Morgan fingerprint density at radius 3 is 2.28 bits per heavy atom. The molecule has 0 bridgehead atoms. The van der Waals surface area contributed by atoms with Crippen molar-refractivity contribution in [3.63, 3.8) is 0 Å². The van der Waals surface area contributed by atoms with Gasteiger partial charge >= 0.3 is 17.7 Å². The molecule has 1 N–H and O–H groups in total. The standard InChI is InChI=1S/C32H33NO6/c1-4-5-16-26(33-32(36)37-20-24-14-10-7-11-15-24)31(35)39-28-18-21(2)17-27-29(28)22(3)25(30(34)38-27)19-23-12-8-6-9-13-23/h6-15,17-18,26H,4-5,16,19-20H2,1-3H3,(H,33,36)/t26-/m1/s1. The first-order valence-corrected chi connectivity index (χ1v) is 13.2. The van der Waals surface area contributed by atoms with Gasteiger partial charge in [-0.1, -0.05) is 80.4 Å². The number of benzene rings is 3. The summed E-state index contributed by atoms with van der Waals surface area (Å²) < 4.78 is 16.9. The average Bonchev–Trinajstić information content (AvgIpc) is 2.92. The third kappa shape index (κ3) is 7.13. The first-order valence-electron chi connectivity index (χ1n) is 13.2. The number of hydrogen-bond acceptors (Lipinski definition) is 6. The first kappa shape index (κ1) is 27.6. The van der Waals surface area contributed by atoms with Gasteiger partial charge in [0.15, 0.2) is 0 Å². The predicted octanol–water partition coefficient (Wildman–Crippen LogP) is 6.39. The van der Waals surface area contributed by atoms with Crippen LogP contribution in [0.4, 0.5) is 4.79 Å². The third-order valence-corrected chi connectivity index (χ3v) is 6.56. The van der Waals surface area contributed by atoms with Crippen molar-refractivity contribution in [3.05, 3.63) is 111 Å². The lowest BCUT2D eigenvalue weighted by atomic mass is 9.98. The summed E-state index contributed by atoms with van der Waals surface area (Å²) in [5.74, 6) is -0.325. The molecule has 7 nitrogen and oxygen atoms in total. The summed E-state index contributed by atoms with van der Waals surface area (Å²) in [6.45, 7) is 5.76. The molecule has 3 aromatic carbocycles. The lowest BCUT2D eigenvalue weighted by molar-refractivity contribution is -0.136. The van der Waals surface area contributed by atoms with Gasteiger partial charge in [0.2, 0.25) is 0 Å². The Labute approximate surface area is 227 Å². The fraction of sp³-hybridized carbons (Fsp3) is 0.281. The zero-order valence-corrected chi connectivity index (χ0v) is 22.5. The maximum Gasteiger partial charge on any atom is 0.408 e. The smallest absolute Gasteiger partial charge is 0.408 e. The van der Waals surface area contributed by atoms with Gasteiger partial charge in [0.1, 0.15) is 24.0 Å². The maximum absolute atomic E-state index is 13.4. The summed E-state index contributed by atoms with van der Waals surface area (Å²) in [6.07, 6.45) is 1.64. The number of rotatable bonds is 10. The van der Waals surface area contributed by atoms with Crippen molar-refractivity contribution in [3.8, 4) is 5.75 Å². The number of esters is 1. The van der Waals surface area contributed by atoms with Gasteiger partial charge in [0.25, 0.3) is 0 Å². The molecule has 0 aliphatic carbocycles. The van der Waals surface area contributed by atoms with Crippen LogP contribution in [0.15, 0.2) is 82.0 Å². The second kappa shape index (κ2) is 12.9. The maximum atomic E-state index is 13.4. The molecule has 0 aliphatic heterocycles. The quantitative estimate of drug-likeness (QED) is 0.146. The number of amides is 1. The largest absolute Gasteiger partial charge is 0.445 e. The summed E-state index contributed by atoms with van der Waals surface area (Å²) in [5, 5.41) is 3.22. The van der Waals surface area contributed by atoms with Crippen molar-refractivity contribution in [2.75, 3.05) is 0 Å². The van der Waals surface area contributed by atoms with Crippen molar-refractivity contribution < 1.29 is 23.5 Å². The van der Waals surface area contributed by atoms with Gasteiger partial charge in [0.05, 0.1) is 5.39 Å². The molecule has 1 aromatic heterocycles. The fourth-order valence-electron chi connectivity index (χ4n) is 4.47. The Morgan fingerprint density at radius 1 is 0.949 bits per heavy atom. The van der Waals surface area contributed by atoms with E-state index in [4.69, 9.17) is 13.9 Å². The molecular weight excluding hydrogens is 494 g/mol. The van der Waals surface area contributed by atoms with Crippen LogP contribution < -0.4 is 15.7 Å². The Hall–Kier alpha value is -4.39. The minimum absolute atomic E-state index is 0.0904. The van der Waals surface area contributed by atoms with E-state index >= 15 is 0 Å². The zero-order valence-electron chi connectivity index (χ0n) is 22.5. The van der Waals surface area contributed by atoms with E-state index in [-0.39, 0.29) is 12.4 Å². The molecule has 7 heteroatoms. The Kier molecular flexibility index (Phi) is 9.15. The van der Waals surface area contributed by atoms with Gasteiger partial charge in [0, 0.05) is 12.0 Å². The van der Waals surface area contributed by atoms with Gasteiger partial charge in [-0.05, 0) is 54.7 Å². The minimum atomic E-state index is -0.899. The number of alkyl carbamates (subject to hydrolysis) is 1. The molecule has 202 valence electrons. The molecule has 1 atom stereocenters. The first-order chi connectivity index (χ1) is 18.9. The predicted molar refractivity (Wildman–Crippen MR) is 150 cm³/mol. The molecule has 39 heavy (non-hydrogen) atoms. The van der Waals surface area contributed by atoms with E-state index in [1.807, 2.05) is 81.4 Å². The van der Waals surface area contributed by atoms with E-state index in [9.17, 15) is 14.4 Å². The summed E-state index contributed by atoms with van der Waals surface area (Å²) in [4.78, 5) is 38.8. The molecule has 0 saturated heterocycles. The van der Waals surface area contributed by atoms with Gasteiger partial charge < -0.3 is 19.2 Å². The molecule has 1 amide bonds. The molecule has 0 unspecified atom stereocenters. The van der Waals surface area contributed by atoms with Crippen molar-refractivity contribution in [2.45, 2.75) is 59.1 Å². The molecule has 0 spiro atoms. The summed E-state index contributed by atoms with van der Waals surface area (Å²) in [7, 11) is 0. The minimum Gasteiger partial charge on any atom is -0.445 e. The molecule has 4 rings (SSSR count). The van der Waals surface area contributed by atoms with E-state index in [0.717, 1.165) is 23.1 Å². The lowest BCUT2D eigenvalue weighted by Crippen LogP contribution is -2.43. The van der Waals surface area contributed by atoms with Crippen LogP contribution in [-0.2, 0) is 22.6 Å². The van der Waals surface area contributed by atoms with Crippen LogP contribution in [0.1, 0.15) is 54.0 Å². The summed E-state index contributed by atoms with van der Waals surface area (Å²) in [6, 6.07) is 21.5. The molecule has 0 fully saturated rings. The van der Waals surface area contributed by atoms with Gasteiger partial charge in [-0.15, -0.1) is 0 Å². The van der Waals surface area contributed by atoms with E-state index in [0.29, 0.717) is 41.4 Å². The third-order valence-electron chi connectivity index (χ3n) is 6.56. The van der Waals surface area contributed by atoms with Crippen LogP contribution in [0.2, 0.25) is 0 Å². The van der Waals surface area contributed by atoms with E-state index < -0.39 is 23.7 Å². The Bertz CT molecular complexity index is 1490. The van der Waals surface area contributed by atoms with Crippen LogP contribution in [0, 0.1) is 13.8 Å². The Balaban J connectivity index is 1.59. The highest BCUT2D eigenvalue weighted by Crippen LogP contribution is 2.32. The fourth-order valence-corrected chi connectivity index (χ4v) is 4.47. The lowest BCUT2D eigenvalue weighted by Gasteiger charge is -2.19. The molecule has 4 aromatic rings. The molecule has 1 heterocycles. The number of ether oxygens (including phenoxy) is 2. The van der Waals surface area contributed by atoms with Gasteiger partial charge in [-0.25, -0.2) is 14.4 Å². The SMILES string of the molecule is CCCC[C@@H](NC(=O)OCc1ccccc1)C(=O)Oc1cc(C)cc2oc(=O)c(Cc3ccccc3)c(C)c12. The second-order valence-corrected chi connectivity index (χ2v) is 9.61. The normalized spacial score (nSPS) is 11.7. The van der Waals surface area contributed by atoms with Crippen molar-refractivity contribution in [2.24, 2.45) is 0 Å². The highest BCUT2D eigenvalue weighted by Gasteiger charge is 2.25. The zero-order chi connectivity index (χ0) is 27.8. The summed E-state index contributed by atoms with van der Waals surface area (Å²) in [5.41, 5.74) is 3.69. The Morgan fingerprint density at radius 2 is 1.62 bits per heavy atom. The number of aryl methyl sites for hydroxylation is 2. The molecule has 0 radical (unpaired) electrons. The highest BCUT2D eigenvalue weighted by molar-refractivity contribution is 5.92. The molecular formula is C32H33NO6.